The van der Waals surface area contributed by atoms with Gasteiger partial charge in [0.1, 0.15) is 0 Å². The van der Waals surface area contributed by atoms with Crippen molar-refractivity contribution < 1.29 is 0 Å². The second-order valence-corrected chi connectivity index (χ2v) is 2.76. The second kappa shape index (κ2) is 3.25. The summed E-state index contributed by atoms with van der Waals surface area (Å²) in [5.74, 6) is 2.54. The molecule has 1 atom stereocenters. The molecule has 0 radical (unpaired) electrons. The average molecular weight is 136 g/mol. The molecule has 0 aromatic rings. The Morgan fingerprint density at radius 1 is 1.60 bits per heavy atom. The molecule has 1 unspecified atom stereocenters. The number of terminal acetylenes is 1. The zero-order valence-electron chi connectivity index (χ0n) is 6.60. The molecule has 0 rings (SSSR count). The molecule has 0 bridgehead atoms. The molecule has 2 nitrogen and oxygen atoms in total. The Morgan fingerprint density at radius 2 is 2.10 bits per heavy atom. The molecule has 0 fully saturated rings. The minimum absolute atomic E-state index is 0.189. The minimum atomic E-state index is -0.380. The van der Waals surface area contributed by atoms with Gasteiger partial charge < -0.3 is 0 Å². The number of hydrogen-bond acceptors (Lipinski definition) is 2. The van der Waals surface area contributed by atoms with Crippen LogP contribution in [0.2, 0.25) is 0 Å². The van der Waals surface area contributed by atoms with E-state index in [-0.39, 0.29) is 11.6 Å². The molecule has 0 saturated heterocycles. The molecular weight excluding hydrogens is 124 g/mol. The predicted octanol–water partition coefficient (Wildman–Crippen LogP) is 0.900. The highest BCUT2D eigenvalue weighted by Gasteiger charge is 2.15. The van der Waals surface area contributed by atoms with Crippen LogP contribution in [0, 0.1) is 23.7 Å². The fourth-order valence-corrected chi connectivity index (χ4v) is 0.615. The Labute approximate surface area is 62.2 Å². The van der Waals surface area contributed by atoms with Crippen LogP contribution in [0.1, 0.15) is 20.8 Å². The normalized spacial score (nSPS) is 13.3. The molecule has 0 aromatic heterocycles. The van der Waals surface area contributed by atoms with E-state index < -0.39 is 0 Å². The Hall–Kier alpha value is -0.990. The molecule has 0 amide bonds. The summed E-state index contributed by atoms with van der Waals surface area (Å²) >= 11 is 0. The third-order valence-corrected chi connectivity index (χ3v) is 1.13. The summed E-state index contributed by atoms with van der Waals surface area (Å²) in [5, 5.41) is 11.4. The van der Waals surface area contributed by atoms with E-state index in [4.69, 9.17) is 11.7 Å². The molecule has 10 heavy (non-hydrogen) atoms. The van der Waals surface area contributed by atoms with Gasteiger partial charge in [-0.2, -0.15) is 5.26 Å². The van der Waals surface area contributed by atoms with Gasteiger partial charge in [0.25, 0.3) is 0 Å². The van der Waals surface area contributed by atoms with Crippen molar-refractivity contribution in [2.45, 2.75) is 32.4 Å². The van der Waals surface area contributed by atoms with Crippen LogP contribution in [0.4, 0.5) is 0 Å². The van der Waals surface area contributed by atoms with E-state index in [1.165, 1.54) is 0 Å². The molecule has 0 aromatic carbocycles. The van der Waals surface area contributed by atoms with Gasteiger partial charge in [-0.1, -0.05) is 5.92 Å². The zero-order valence-corrected chi connectivity index (χ0v) is 6.60. The maximum absolute atomic E-state index is 8.41. The molecule has 0 spiro atoms. The number of nitrogens with one attached hydrogen (secondary N) is 1. The van der Waals surface area contributed by atoms with Crippen molar-refractivity contribution in [3.63, 3.8) is 0 Å². The smallest absolute Gasteiger partial charge is 0.0935 e. The van der Waals surface area contributed by atoms with E-state index in [0.29, 0.717) is 0 Å². The fraction of sp³-hybridized carbons (Fsp3) is 0.625. The largest absolute Gasteiger partial charge is 0.287 e. The highest BCUT2D eigenvalue weighted by molar-refractivity contribution is 5.09. The van der Waals surface area contributed by atoms with Crippen LogP contribution >= 0.6 is 0 Å². The third-order valence-electron chi connectivity index (χ3n) is 1.13. The van der Waals surface area contributed by atoms with E-state index in [0.717, 1.165) is 0 Å². The van der Waals surface area contributed by atoms with Gasteiger partial charge in [0.05, 0.1) is 17.6 Å². The van der Waals surface area contributed by atoms with Crippen LogP contribution in [0.25, 0.3) is 0 Å². The van der Waals surface area contributed by atoms with Crippen molar-refractivity contribution in [3.8, 4) is 18.4 Å². The van der Waals surface area contributed by atoms with E-state index in [1.54, 1.807) is 6.92 Å². The van der Waals surface area contributed by atoms with Crippen molar-refractivity contribution in [2.75, 3.05) is 0 Å². The van der Waals surface area contributed by atoms with Gasteiger partial charge in [0.2, 0.25) is 0 Å². The van der Waals surface area contributed by atoms with Gasteiger partial charge in [-0.15, -0.1) is 6.42 Å². The zero-order chi connectivity index (χ0) is 8.20. The quantitative estimate of drug-likeness (QED) is 0.572. The first-order valence-electron chi connectivity index (χ1n) is 3.17. The molecule has 1 N–H and O–H groups in total. The van der Waals surface area contributed by atoms with Crippen LogP contribution in [0.5, 0.6) is 0 Å². The topological polar surface area (TPSA) is 35.8 Å². The number of nitriles is 1. The van der Waals surface area contributed by atoms with E-state index >= 15 is 0 Å². The maximum Gasteiger partial charge on any atom is 0.0935 e. The van der Waals surface area contributed by atoms with E-state index in [2.05, 4.69) is 11.2 Å². The average Bonchev–Trinajstić information content (AvgIpc) is 1.87. The summed E-state index contributed by atoms with van der Waals surface area (Å²) in [6, 6.07) is 1.86. The Kier molecular flexibility index (Phi) is 2.93. The van der Waals surface area contributed by atoms with Gasteiger partial charge in [-0.3, -0.25) is 5.32 Å². The van der Waals surface area contributed by atoms with Crippen LogP contribution in [-0.2, 0) is 0 Å². The minimum Gasteiger partial charge on any atom is -0.287 e. The first-order chi connectivity index (χ1) is 4.52. The summed E-state index contributed by atoms with van der Waals surface area (Å²) in [4.78, 5) is 0. The Morgan fingerprint density at radius 3 is 2.40 bits per heavy atom. The summed E-state index contributed by atoms with van der Waals surface area (Å²) in [6.07, 6.45) is 5.19. The molecule has 0 aliphatic carbocycles. The molecule has 2 heteroatoms. The van der Waals surface area contributed by atoms with Gasteiger partial charge in [-0.05, 0) is 20.8 Å². The highest BCUT2D eigenvalue weighted by Crippen LogP contribution is 1.99. The van der Waals surface area contributed by atoms with E-state index in [1.807, 2.05) is 19.9 Å². The highest BCUT2D eigenvalue weighted by atomic mass is 15.0. The lowest BCUT2D eigenvalue weighted by atomic mass is 10.1. The first kappa shape index (κ1) is 9.01. The van der Waals surface area contributed by atoms with Crippen LogP contribution in [0.3, 0.4) is 0 Å². The van der Waals surface area contributed by atoms with Crippen LogP contribution < -0.4 is 5.32 Å². The van der Waals surface area contributed by atoms with Gasteiger partial charge in [0, 0.05) is 0 Å². The van der Waals surface area contributed by atoms with E-state index in [9.17, 15) is 0 Å². The number of hydrogen-bond donors (Lipinski definition) is 1. The van der Waals surface area contributed by atoms with Gasteiger partial charge in [0.15, 0.2) is 0 Å². The molecule has 0 saturated carbocycles. The standard InChI is InChI=1S/C8H12N2/c1-5-8(3,4)10-7(2)6-9/h1,7,10H,2-4H3. The number of rotatable bonds is 2. The summed E-state index contributed by atoms with van der Waals surface area (Å²) in [5.41, 5.74) is -0.380. The lowest BCUT2D eigenvalue weighted by Crippen LogP contribution is -2.42. The lowest BCUT2D eigenvalue weighted by Gasteiger charge is -2.20. The monoisotopic (exact) mass is 136 g/mol. The van der Waals surface area contributed by atoms with Crippen molar-refractivity contribution in [3.05, 3.63) is 0 Å². The second-order valence-electron chi connectivity index (χ2n) is 2.76. The van der Waals surface area contributed by atoms with Crippen molar-refractivity contribution in [1.29, 1.82) is 5.26 Å². The van der Waals surface area contributed by atoms with Crippen molar-refractivity contribution in [2.24, 2.45) is 0 Å². The van der Waals surface area contributed by atoms with Gasteiger partial charge in [-0.25, -0.2) is 0 Å². The summed E-state index contributed by atoms with van der Waals surface area (Å²) < 4.78 is 0. The molecule has 0 aliphatic heterocycles. The predicted molar refractivity (Wildman–Crippen MR) is 41.1 cm³/mol. The maximum atomic E-state index is 8.41. The lowest BCUT2D eigenvalue weighted by molar-refractivity contribution is 0.468. The fourth-order valence-electron chi connectivity index (χ4n) is 0.615. The SMILES string of the molecule is C#CC(C)(C)NC(C)C#N. The molecule has 54 valence electrons. The van der Waals surface area contributed by atoms with Crippen molar-refractivity contribution in [1.82, 2.24) is 5.32 Å². The summed E-state index contributed by atoms with van der Waals surface area (Å²) in [6.45, 7) is 5.50. The van der Waals surface area contributed by atoms with Crippen LogP contribution in [0.15, 0.2) is 0 Å². The van der Waals surface area contributed by atoms with Crippen molar-refractivity contribution >= 4 is 0 Å². The summed E-state index contributed by atoms with van der Waals surface area (Å²) in [7, 11) is 0. The molecular formula is C8H12N2. The number of nitrogens with zero attached hydrogens (tertiary/aromatic N) is 1. The van der Waals surface area contributed by atoms with Gasteiger partial charge >= 0.3 is 0 Å². The molecule has 0 aliphatic rings. The third kappa shape index (κ3) is 3.12. The Balaban J connectivity index is 3.95. The molecule has 0 heterocycles. The van der Waals surface area contributed by atoms with Crippen LogP contribution in [-0.4, -0.2) is 11.6 Å². The Bertz CT molecular complexity index is 180. The first-order valence-corrected chi connectivity index (χ1v) is 3.17.